The molecule has 0 aliphatic carbocycles. The Hall–Kier alpha value is -2.98. The minimum Gasteiger partial charge on any atom is -0.462 e. The maximum absolute atomic E-state index is 13.0. The van der Waals surface area contributed by atoms with Gasteiger partial charge in [0.15, 0.2) is 12.2 Å². The molecule has 0 aliphatic heterocycles. The molecule has 0 heterocycles. The highest BCUT2D eigenvalue weighted by molar-refractivity contribution is 7.47. The molecule has 0 radical (unpaired) electrons. The number of hydrogen-bond acceptors (Lipinski definition) is 15. The number of carbonyl (C=O) groups is 4. The smallest absolute Gasteiger partial charge is 0.462 e. The number of carbonyl (C=O) groups excluding carboxylic acids is 4. The molecule has 19 heteroatoms. The molecular formula is C73H134O17P2. The number of hydrogen-bond donors (Lipinski definition) is 3. The van der Waals surface area contributed by atoms with Gasteiger partial charge in [-0.2, -0.15) is 0 Å². The zero-order valence-corrected chi connectivity index (χ0v) is 60.3. The highest BCUT2D eigenvalue weighted by Gasteiger charge is 2.30. The van der Waals surface area contributed by atoms with Crippen LogP contribution in [0.1, 0.15) is 336 Å². The van der Waals surface area contributed by atoms with Crippen molar-refractivity contribution in [3.63, 3.8) is 0 Å². The molecule has 2 unspecified atom stereocenters. The number of aliphatic hydroxyl groups is 1. The van der Waals surface area contributed by atoms with Gasteiger partial charge >= 0.3 is 39.5 Å². The van der Waals surface area contributed by atoms with Gasteiger partial charge in [-0.05, 0) is 89.9 Å². The van der Waals surface area contributed by atoms with Gasteiger partial charge in [-0.3, -0.25) is 37.3 Å². The van der Waals surface area contributed by atoms with Gasteiger partial charge in [0.05, 0.1) is 26.4 Å². The average Bonchev–Trinajstić information content (AvgIpc) is 2.92. The summed E-state index contributed by atoms with van der Waals surface area (Å²) in [6.07, 6.45) is 61.1. The van der Waals surface area contributed by atoms with Gasteiger partial charge in [0.1, 0.15) is 19.3 Å². The maximum atomic E-state index is 13.0. The van der Waals surface area contributed by atoms with Gasteiger partial charge in [0, 0.05) is 25.7 Å². The van der Waals surface area contributed by atoms with Crippen LogP contribution in [0.3, 0.4) is 0 Å². The number of ether oxygens (including phenoxy) is 4. The summed E-state index contributed by atoms with van der Waals surface area (Å²) in [6.45, 7) is 4.82. The first-order chi connectivity index (χ1) is 44.7. The Labute approximate surface area is 559 Å². The van der Waals surface area contributed by atoms with Crippen LogP contribution in [0.2, 0.25) is 0 Å². The highest BCUT2D eigenvalue weighted by atomic mass is 31.2. The largest absolute Gasteiger partial charge is 0.472 e. The summed E-state index contributed by atoms with van der Waals surface area (Å²) in [4.78, 5) is 72.6. The minimum atomic E-state index is -4.96. The summed E-state index contributed by atoms with van der Waals surface area (Å²) in [5.41, 5.74) is 0. The zero-order valence-electron chi connectivity index (χ0n) is 58.5. The maximum Gasteiger partial charge on any atom is 0.472 e. The van der Waals surface area contributed by atoms with Crippen LogP contribution in [-0.4, -0.2) is 96.7 Å². The van der Waals surface area contributed by atoms with Crippen LogP contribution >= 0.6 is 15.6 Å². The Balaban J connectivity index is 5.31. The predicted octanol–water partition coefficient (Wildman–Crippen LogP) is 20.6. The molecule has 0 aromatic rings. The fraction of sp³-hybridized carbons (Fsp3) is 0.836. The van der Waals surface area contributed by atoms with E-state index in [1.165, 1.54) is 128 Å². The van der Waals surface area contributed by atoms with Crippen LogP contribution in [0.15, 0.2) is 48.6 Å². The van der Waals surface area contributed by atoms with Gasteiger partial charge in [-0.15, -0.1) is 0 Å². The fourth-order valence-electron chi connectivity index (χ4n) is 10.1. The van der Waals surface area contributed by atoms with E-state index in [2.05, 4.69) is 76.3 Å². The molecule has 0 saturated carbocycles. The van der Waals surface area contributed by atoms with E-state index in [4.69, 9.17) is 37.0 Å². The van der Waals surface area contributed by atoms with E-state index in [1.54, 1.807) is 0 Å². The Bertz CT molecular complexity index is 1810. The second kappa shape index (κ2) is 66.6. The van der Waals surface area contributed by atoms with Gasteiger partial charge in [0.25, 0.3) is 0 Å². The molecule has 0 aromatic carbocycles. The predicted molar refractivity (Wildman–Crippen MR) is 372 cm³/mol. The normalized spacial score (nSPS) is 14.3. The molecule has 0 rings (SSSR count). The van der Waals surface area contributed by atoms with Crippen molar-refractivity contribution in [1.82, 2.24) is 0 Å². The van der Waals surface area contributed by atoms with Crippen molar-refractivity contribution in [3.05, 3.63) is 48.6 Å². The summed E-state index contributed by atoms with van der Waals surface area (Å²) < 4.78 is 68.3. The van der Waals surface area contributed by atoms with Crippen molar-refractivity contribution >= 4 is 39.5 Å². The summed E-state index contributed by atoms with van der Waals surface area (Å²) in [7, 11) is -9.93. The molecule has 17 nitrogen and oxygen atoms in total. The molecule has 92 heavy (non-hydrogen) atoms. The second-order valence-electron chi connectivity index (χ2n) is 24.9. The first-order valence-corrected chi connectivity index (χ1v) is 39.9. The number of rotatable bonds is 70. The molecule has 0 fully saturated rings. The Morgan fingerprint density at radius 3 is 0.826 bits per heavy atom. The second-order valence-corrected chi connectivity index (χ2v) is 27.8. The van der Waals surface area contributed by atoms with Crippen molar-refractivity contribution in [2.45, 2.75) is 354 Å². The third kappa shape index (κ3) is 65.7. The monoisotopic (exact) mass is 1340 g/mol. The number of phosphoric ester groups is 2. The van der Waals surface area contributed by atoms with E-state index in [0.717, 1.165) is 128 Å². The summed E-state index contributed by atoms with van der Waals surface area (Å²) >= 11 is 0. The Morgan fingerprint density at radius 1 is 0.304 bits per heavy atom. The molecular weight excluding hydrogens is 1210 g/mol. The Kier molecular flexibility index (Phi) is 64.5. The molecule has 4 atom stereocenters. The van der Waals surface area contributed by atoms with E-state index in [1.807, 2.05) is 0 Å². The Morgan fingerprint density at radius 2 is 0.533 bits per heavy atom. The first kappa shape index (κ1) is 89.0. The van der Waals surface area contributed by atoms with Crippen LogP contribution in [-0.2, 0) is 65.4 Å². The molecule has 0 spiro atoms. The van der Waals surface area contributed by atoms with Gasteiger partial charge in [-0.1, -0.05) is 269 Å². The van der Waals surface area contributed by atoms with Crippen molar-refractivity contribution in [1.29, 1.82) is 0 Å². The third-order valence-corrected chi connectivity index (χ3v) is 17.7. The lowest BCUT2D eigenvalue weighted by atomic mass is 10.1. The SMILES string of the molecule is CCCCC/C=C\C/C=C\CCCCCCCC(=O)O[C@H](COC(=O)CCCCCCCCCCCCC)COP(=O)(O)OCC(O)COP(=O)(O)OC[C@@H](COC(=O)CCCCCCCCCCCCC)OC(=O)CCCCCCC/C=C\C/C=C\CCCCC. The summed E-state index contributed by atoms with van der Waals surface area (Å²) in [5, 5.41) is 10.6. The van der Waals surface area contributed by atoms with Gasteiger partial charge in [0.2, 0.25) is 0 Å². The van der Waals surface area contributed by atoms with Gasteiger partial charge in [-0.25, -0.2) is 9.13 Å². The fourth-order valence-corrected chi connectivity index (χ4v) is 11.7. The van der Waals surface area contributed by atoms with Crippen molar-refractivity contribution < 1.29 is 80.2 Å². The van der Waals surface area contributed by atoms with Crippen LogP contribution in [0.4, 0.5) is 0 Å². The molecule has 0 aromatic heterocycles. The average molecular weight is 1350 g/mol. The molecule has 3 N–H and O–H groups in total. The lowest BCUT2D eigenvalue weighted by Crippen LogP contribution is -2.30. The van der Waals surface area contributed by atoms with E-state index in [-0.39, 0.29) is 25.7 Å². The van der Waals surface area contributed by atoms with Crippen LogP contribution in [0, 0.1) is 0 Å². The minimum absolute atomic E-state index is 0.0847. The van der Waals surface area contributed by atoms with E-state index in [0.29, 0.717) is 25.7 Å². The molecule has 0 saturated heterocycles. The molecule has 0 bridgehead atoms. The highest BCUT2D eigenvalue weighted by Crippen LogP contribution is 2.45. The molecule has 0 aliphatic rings. The standard InChI is InChI=1S/C73H134O17P2/c1-5-9-13-17-21-25-29-31-33-35-39-43-47-51-55-59-72(77)89-68(63-83-70(75)57-53-49-45-41-37-27-23-19-15-11-7-3)65-87-91(79,80)85-61-67(74)62-86-92(81,82)88-66-69(64-84-71(76)58-54-50-46-42-38-28-24-20-16-12-8-4)90-73(78)60-56-52-48-44-40-36-34-32-30-26-22-18-14-10-6-2/h21-22,25-26,31-34,67-69,74H,5-20,23-24,27-30,35-66H2,1-4H3,(H,79,80)(H,81,82)/b25-21-,26-22-,33-31-,34-32-/t68-,69-/m1/s1. The van der Waals surface area contributed by atoms with E-state index in [9.17, 15) is 43.2 Å². The topological polar surface area (TPSA) is 237 Å². The summed E-state index contributed by atoms with van der Waals surface area (Å²) in [5.74, 6) is -2.17. The van der Waals surface area contributed by atoms with E-state index < -0.39 is 97.5 Å². The van der Waals surface area contributed by atoms with E-state index >= 15 is 0 Å². The number of allylic oxidation sites excluding steroid dienone is 8. The number of unbranched alkanes of at least 4 members (excludes halogenated alkanes) is 36. The lowest BCUT2D eigenvalue weighted by molar-refractivity contribution is -0.161. The number of phosphoric acid groups is 2. The van der Waals surface area contributed by atoms with Crippen LogP contribution in [0.5, 0.6) is 0 Å². The van der Waals surface area contributed by atoms with Crippen LogP contribution < -0.4 is 0 Å². The number of esters is 4. The van der Waals surface area contributed by atoms with Crippen LogP contribution in [0.25, 0.3) is 0 Å². The lowest BCUT2D eigenvalue weighted by Gasteiger charge is -2.21. The molecule has 0 amide bonds. The number of aliphatic hydroxyl groups excluding tert-OH is 1. The first-order valence-electron chi connectivity index (χ1n) is 36.9. The van der Waals surface area contributed by atoms with Crippen molar-refractivity contribution in [2.24, 2.45) is 0 Å². The zero-order chi connectivity index (χ0) is 67.5. The third-order valence-electron chi connectivity index (χ3n) is 15.8. The van der Waals surface area contributed by atoms with Gasteiger partial charge < -0.3 is 33.8 Å². The van der Waals surface area contributed by atoms with Crippen molar-refractivity contribution in [3.8, 4) is 0 Å². The summed E-state index contributed by atoms with van der Waals surface area (Å²) in [6, 6.07) is 0. The van der Waals surface area contributed by atoms with Crippen molar-refractivity contribution in [2.75, 3.05) is 39.6 Å². The quantitative estimate of drug-likeness (QED) is 0.0169. The molecule has 538 valence electrons.